The van der Waals surface area contributed by atoms with E-state index in [9.17, 15) is 4.79 Å². The van der Waals surface area contributed by atoms with Gasteiger partial charge in [0, 0.05) is 19.8 Å². The van der Waals surface area contributed by atoms with E-state index in [0.717, 1.165) is 13.0 Å². The lowest BCUT2D eigenvalue weighted by Crippen LogP contribution is -2.32. The Balaban J connectivity index is 2.20. The monoisotopic (exact) mass is 202 g/mol. The van der Waals surface area contributed by atoms with Gasteiger partial charge in [0.2, 0.25) is 5.91 Å². The summed E-state index contributed by atoms with van der Waals surface area (Å²) in [5.74, 6) is 0.0569. The lowest BCUT2D eigenvalue weighted by atomic mass is 10.4. The van der Waals surface area contributed by atoms with Crippen molar-refractivity contribution in [2.45, 2.75) is 13.3 Å². The Morgan fingerprint density at radius 1 is 1.69 bits per heavy atom. The molecule has 1 saturated heterocycles. The average Bonchev–Trinajstić information content (AvgIpc) is 2.42. The second kappa shape index (κ2) is 5.14. The van der Waals surface area contributed by atoms with Crippen LogP contribution in [0.2, 0.25) is 0 Å². The van der Waals surface area contributed by atoms with Crippen LogP contribution in [0, 0.1) is 0 Å². The van der Waals surface area contributed by atoms with Crippen molar-refractivity contribution < 1.29 is 9.53 Å². The quantitative estimate of drug-likeness (QED) is 0.508. The summed E-state index contributed by atoms with van der Waals surface area (Å²) in [7, 11) is 0. The van der Waals surface area contributed by atoms with Gasteiger partial charge in [0.15, 0.2) is 5.11 Å². The summed E-state index contributed by atoms with van der Waals surface area (Å²) in [4.78, 5) is 12.8. The highest BCUT2D eigenvalue weighted by Crippen LogP contribution is 2.00. The minimum absolute atomic E-state index is 0.0569. The number of hydrogen-bond donors (Lipinski definition) is 1. The maximum atomic E-state index is 11.2. The number of carbonyl (C=O) groups is 1. The smallest absolute Gasteiger partial charge is 0.248 e. The maximum Gasteiger partial charge on any atom is 0.248 e. The van der Waals surface area contributed by atoms with Crippen molar-refractivity contribution in [1.82, 2.24) is 10.2 Å². The summed E-state index contributed by atoms with van der Waals surface area (Å²) in [5.41, 5.74) is 0. The van der Waals surface area contributed by atoms with Crippen LogP contribution in [0.25, 0.3) is 0 Å². The van der Waals surface area contributed by atoms with Gasteiger partial charge >= 0.3 is 0 Å². The number of nitrogens with one attached hydrogen (secondary N) is 1. The third kappa shape index (κ3) is 2.93. The number of thiocarbonyl (C=S) groups is 1. The first-order valence-corrected chi connectivity index (χ1v) is 4.82. The minimum atomic E-state index is 0.0569. The lowest BCUT2D eigenvalue weighted by molar-refractivity contribution is -0.124. The molecule has 5 heteroatoms. The Bertz CT molecular complexity index is 192. The third-order valence-electron chi connectivity index (χ3n) is 1.81. The molecule has 0 radical (unpaired) electrons. The summed E-state index contributed by atoms with van der Waals surface area (Å²) in [6.07, 6.45) is 0.835. The zero-order chi connectivity index (χ0) is 9.68. The molecule has 0 aliphatic carbocycles. The molecule has 0 aromatic heterocycles. The van der Waals surface area contributed by atoms with E-state index in [1.165, 1.54) is 0 Å². The molecule has 1 aliphatic heterocycles. The van der Waals surface area contributed by atoms with Crippen molar-refractivity contribution in [2.75, 3.05) is 26.3 Å². The zero-order valence-corrected chi connectivity index (χ0v) is 8.52. The van der Waals surface area contributed by atoms with Gasteiger partial charge in [-0.05, 0) is 25.6 Å². The largest absolute Gasteiger partial charge is 0.382 e. The molecule has 0 unspecified atom stereocenters. The summed E-state index contributed by atoms with van der Waals surface area (Å²) >= 11 is 4.95. The van der Waals surface area contributed by atoms with E-state index in [4.69, 9.17) is 17.0 Å². The highest BCUT2D eigenvalue weighted by Gasteiger charge is 2.23. The van der Waals surface area contributed by atoms with E-state index < -0.39 is 0 Å². The molecule has 0 aromatic carbocycles. The summed E-state index contributed by atoms with van der Waals surface area (Å²) in [6, 6.07) is 0. The highest BCUT2D eigenvalue weighted by molar-refractivity contribution is 7.80. The Kier molecular flexibility index (Phi) is 4.11. The molecule has 0 spiro atoms. The predicted octanol–water partition coefficient (Wildman–Crippen LogP) is 0.130. The highest BCUT2D eigenvalue weighted by atomic mass is 32.1. The Hall–Kier alpha value is -0.680. The first-order chi connectivity index (χ1) is 6.25. The first-order valence-electron chi connectivity index (χ1n) is 4.41. The first kappa shape index (κ1) is 10.4. The summed E-state index contributed by atoms with van der Waals surface area (Å²) in [6.45, 7) is 4.35. The van der Waals surface area contributed by atoms with E-state index in [-0.39, 0.29) is 5.91 Å². The molecule has 1 rings (SSSR count). The van der Waals surface area contributed by atoms with E-state index in [1.54, 1.807) is 4.90 Å². The lowest BCUT2D eigenvalue weighted by Gasteiger charge is -2.13. The molecule has 1 aliphatic rings. The van der Waals surface area contributed by atoms with E-state index in [1.807, 2.05) is 6.92 Å². The number of ether oxygens (including phenoxy) is 1. The molecule has 1 fully saturated rings. The fourth-order valence-corrected chi connectivity index (χ4v) is 1.42. The molecule has 1 amide bonds. The second-order valence-corrected chi connectivity index (χ2v) is 3.14. The molecule has 13 heavy (non-hydrogen) atoms. The van der Waals surface area contributed by atoms with E-state index >= 15 is 0 Å². The number of carbonyl (C=O) groups excluding carboxylic acids is 1. The van der Waals surface area contributed by atoms with Gasteiger partial charge in [0.25, 0.3) is 0 Å². The van der Waals surface area contributed by atoms with Crippen molar-refractivity contribution in [3.8, 4) is 0 Å². The van der Waals surface area contributed by atoms with Gasteiger partial charge in [-0.1, -0.05) is 0 Å². The third-order valence-corrected chi connectivity index (χ3v) is 2.18. The molecular formula is C8H14N2O2S. The minimum Gasteiger partial charge on any atom is -0.382 e. The number of hydrogen-bond acceptors (Lipinski definition) is 3. The van der Waals surface area contributed by atoms with Gasteiger partial charge in [-0.2, -0.15) is 0 Å². The van der Waals surface area contributed by atoms with Crippen LogP contribution in [-0.4, -0.2) is 42.2 Å². The Morgan fingerprint density at radius 2 is 2.46 bits per heavy atom. The predicted molar refractivity (Wildman–Crippen MR) is 53.4 cm³/mol. The van der Waals surface area contributed by atoms with Crippen molar-refractivity contribution in [3.63, 3.8) is 0 Å². The van der Waals surface area contributed by atoms with Gasteiger partial charge in [-0.15, -0.1) is 0 Å². The van der Waals surface area contributed by atoms with Crippen LogP contribution in [0.5, 0.6) is 0 Å². The Labute approximate surface area is 83.2 Å². The van der Waals surface area contributed by atoms with Gasteiger partial charge in [0.05, 0.1) is 6.54 Å². The molecule has 1 heterocycles. The van der Waals surface area contributed by atoms with Gasteiger partial charge in [-0.25, -0.2) is 0 Å². The molecule has 0 aromatic rings. The number of amides is 1. The summed E-state index contributed by atoms with van der Waals surface area (Å²) in [5, 5.41) is 3.37. The Morgan fingerprint density at radius 3 is 3.00 bits per heavy atom. The van der Waals surface area contributed by atoms with Gasteiger partial charge < -0.3 is 10.1 Å². The van der Waals surface area contributed by atoms with E-state index in [2.05, 4.69) is 5.32 Å². The number of nitrogens with zero attached hydrogens (tertiary/aromatic N) is 1. The fourth-order valence-electron chi connectivity index (χ4n) is 1.15. The van der Waals surface area contributed by atoms with Crippen LogP contribution in [0.3, 0.4) is 0 Å². The topological polar surface area (TPSA) is 41.6 Å². The molecule has 0 atom stereocenters. The summed E-state index contributed by atoms with van der Waals surface area (Å²) < 4.78 is 5.16. The van der Waals surface area contributed by atoms with Gasteiger partial charge in [-0.3, -0.25) is 9.69 Å². The van der Waals surface area contributed by atoms with Crippen LogP contribution in [0.4, 0.5) is 0 Å². The van der Waals surface area contributed by atoms with Crippen LogP contribution >= 0.6 is 12.2 Å². The standard InChI is InChI=1S/C8H14N2O2S/c1-2-12-5-3-4-10-7(11)6-9-8(10)13/h2-6H2,1H3,(H,9,13). The van der Waals surface area contributed by atoms with Crippen LogP contribution in [0.15, 0.2) is 0 Å². The molecule has 4 nitrogen and oxygen atoms in total. The maximum absolute atomic E-state index is 11.2. The van der Waals surface area contributed by atoms with Crippen molar-refractivity contribution in [1.29, 1.82) is 0 Å². The number of rotatable bonds is 5. The van der Waals surface area contributed by atoms with Crippen molar-refractivity contribution >= 4 is 23.2 Å². The molecular weight excluding hydrogens is 188 g/mol. The van der Waals surface area contributed by atoms with Gasteiger partial charge in [0.1, 0.15) is 0 Å². The van der Waals surface area contributed by atoms with Crippen LogP contribution in [-0.2, 0) is 9.53 Å². The van der Waals surface area contributed by atoms with E-state index in [0.29, 0.717) is 24.8 Å². The molecule has 1 N–H and O–H groups in total. The van der Waals surface area contributed by atoms with Crippen molar-refractivity contribution in [2.24, 2.45) is 0 Å². The second-order valence-electron chi connectivity index (χ2n) is 2.75. The SMILES string of the molecule is CCOCCCN1C(=O)CNC1=S. The van der Waals surface area contributed by atoms with Crippen LogP contribution < -0.4 is 5.32 Å². The van der Waals surface area contributed by atoms with Crippen LogP contribution in [0.1, 0.15) is 13.3 Å². The molecule has 74 valence electrons. The molecule has 0 saturated carbocycles. The average molecular weight is 202 g/mol. The zero-order valence-electron chi connectivity index (χ0n) is 7.71. The molecule has 0 bridgehead atoms. The fraction of sp³-hybridized carbons (Fsp3) is 0.750. The normalized spacial score (nSPS) is 16.5. The van der Waals surface area contributed by atoms with Crippen molar-refractivity contribution in [3.05, 3.63) is 0 Å².